The van der Waals surface area contributed by atoms with Gasteiger partial charge in [0.05, 0.1) is 0 Å². The maximum absolute atomic E-state index is 3.96. The molecular formula is C16H19LiNZn. The van der Waals surface area contributed by atoms with Crippen LogP contribution in [0.1, 0.15) is 6.92 Å². The largest absolute Gasteiger partial charge is 2.00 e. The van der Waals surface area contributed by atoms with Gasteiger partial charge in [0, 0.05) is 30.2 Å². The minimum absolute atomic E-state index is 0. The van der Waals surface area contributed by atoms with Crippen LogP contribution < -0.4 is 4.90 Å². The predicted molar refractivity (Wildman–Crippen MR) is 82.0 cm³/mol. The molecule has 0 N–H and O–H groups in total. The first-order valence-electron chi connectivity index (χ1n) is 5.79. The van der Waals surface area contributed by atoms with E-state index in [1.54, 1.807) is 6.92 Å². The van der Waals surface area contributed by atoms with Crippen molar-refractivity contribution in [2.75, 3.05) is 11.4 Å². The first kappa shape index (κ1) is 20.8. The van der Waals surface area contributed by atoms with Crippen molar-refractivity contribution in [1.29, 1.82) is 0 Å². The number of para-hydroxylation sites is 2. The molecule has 1 nitrogen and oxygen atoms in total. The van der Waals surface area contributed by atoms with E-state index in [2.05, 4.69) is 43.0 Å². The van der Waals surface area contributed by atoms with E-state index in [9.17, 15) is 0 Å². The zero-order valence-electron chi connectivity index (χ0n) is 12.0. The van der Waals surface area contributed by atoms with Crippen molar-refractivity contribution in [3.63, 3.8) is 0 Å². The molecule has 2 rings (SSSR count). The number of benzene rings is 2. The molecule has 0 amide bonds. The van der Waals surface area contributed by atoms with Crippen molar-refractivity contribution in [3.05, 3.63) is 74.5 Å². The molecule has 3 heteroatoms. The summed E-state index contributed by atoms with van der Waals surface area (Å²) in [5, 5.41) is 0. The van der Waals surface area contributed by atoms with Gasteiger partial charge in [-0.2, -0.15) is 6.92 Å². The third-order valence-corrected chi connectivity index (χ3v) is 2.36. The van der Waals surface area contributed by atoms with E-state index in [4.69, 9.17) is 0 Å². The van der Waals surface area contributed by atoms with Crippen molar-refractivity contribution in [2.24, 2.45) is 0 Å². The summed E-state index contributed by atoms with van der Waals surface area (Å²) in [6, 6.07) is 20.6. The second-order valence-electron chi connectivity index (χ2n) is 3.32. The Morgan fingerprint density at radius 3 is 1.37 bits per heavy atom. The van der Waals surface area contributed by atoms with E-state index >= 15 is 0 Å². The maximum atomic E-state index is 3.96. The Bertz CT molecular complexity index is 366. The fourth-order valence-electron chi connectivity index (χ4n) is 1.62. The van der Waals surface area contributed by atoms with Gasteiger partial charge in [-0.3, -0.25) is 0 Å². The third-order valence-electron chi connectivity index (χ3n) is 2.36. The molecule has 0 saturated carbocycles. The Morgan fingerprint density at radius 2 is 1.11 bits per heavy atom. The minimum atomic E-state index is 0. The van der Waals surface area contributed by atoms with Gasteiger partial charge in [0.15, 0.2) is 0 Å². The summed E-state index contributed by atoms with van der Waals surface area (Å²) >= 11 is 0. The van der Waals surface area contributed by atoms with Crippen molar-refractivity contribution in [1.82, 2.24) is 0 Å². The van der Waals surface area contributed by atoms with E-state index in [0.29, 0.717) is 0 Å². The van der Waals surface area contributed by atoms with Gasteiger partial charge in [0.25, 0.3) is 0 Å². The second-order valence-corrected chi connectivity index (χ2v) is 3.32. The van der Waals surface area contributed by atoms with Crippen LogP contribution in [-0.2, 0) is 19.5 Å². The summed E-state index contributed by atoms with van der Waals surface area (Å²) in [6.07, 6.45) is 0. The van der Waals surface area contributed by atoms with Crippen molar-refractivity contribution in [2.45, 2.75) is 6.92 Å². The van der Waals surface area contributed by atoms with Crippen LogP contribution in [0.5, 0.6) is 0 Å². The van der Waals surface area contributed by atoms with Crippen LogP contribution in [0.4, 0.5) is 11.4 Å². The van der Waals surface area contributed by atoms with Crippen LogP contribution in [-0.4, -0.2) is 25.4 Å². The van der Waals surface area contributed by atoms with Gasteiger partial charge in [-0.25, -0.2) is 0 Å². The Balaban J connectivity index is 0. The van der Waals surface area contributed by atoms with Gasteiger partial charge in [-0.05, 0) is 24.3 Å². The molecule has 0 saturated heterocycles. The van der Waals surface area contributed by atoms with Crippen molar-refractivity contribution < 1.29 is 19.5 Å². The first-order valence-corrected chi connectivity index (χ1v) is 5.79. The van der Waals surface area contributed by atoms with E-state index in [1.807, 2.05) is 36.4 Å². The normalized spacial score (nSPS) is 8.16. The number of rotatable bonds is 3. The summed E-state index contributed by atoms with van der Waals surface area (Å²) < 4.78 is 0. The molecule has 0 spiro atoms. The molecule has 19 heavy (non-hydrogen) atoms. The smallest absolute Gasteiger partial charge is 0.372 e. The molecule has 0 atom stereocenters. The van der Waals surface area contributed by atoms with Gasteiger partial charge in [0.1, 0.15) is 0 Å². The van der Waals surface area contributed by atoms with Gasteiger partial charge in [-0.15, -0.1) is 6.54 Å². The van der Waals surface area contributed by atoms with Crippen LogP contribution >= 0.6 is 0 Å². The maximum Gasteiger partial charge on any atom is 2.00 e. The molecule has 0 aliphatic heterocycles. The zero-order chi connectivity index (χ0) is 12.5. The van der Waals surface area contributed by atoms with Gasteiger partial charge < -0.3 is 18.7 Å². The topological polar surface area (TPSA) is 3.24 Å². The molecule has 0 aromatic heterocycles. The fraction of sp³-hybridized carbons (Fsp3) is 0.125. The van der Waals surface area contributed by atoms with E-state index < -0.39 is 0 Å². The molecule has 0 heterocycles. The zero-order valence-corrected chi connectivity index (χ0v) is 15.0. The summed E-state index contributed by atoms with van der Waals surface area (Å²) in [4.78, 5) is 2.18. The summed E-state index contributed by atoms with van der Waals surface area (Å²) in [7, 11) is 0. The van der Waals surface area contributed by atoms with Crippen LogP contribution in [0.2, 0.25) is 0 Å². The summed E-state index contributed by atoms with van der Waals surface area (Å²) in [5.41, 5.74) is 2.36. The first-order chi connectivity index (χ1) is 8.42. The van der Waals surface area contributed by atoms with E-state index in [-0.39, 0.29) is 38.3 Å². The third kappa shape index (κ3) is 6.44. The molecule has 2 aromatic rings. The Hall–Kier alpha value is -0.539. The van der Waals surface area contributed by atoms with Gasteiger partial charge in [0.2, 0.25) is 0 Å². The molecule has 0 unspecified atom stereocenters. The standard InChI is InChI=1S/C14H14N.C2H5.Li.Zn/c1-2-15(13-9-5-3-6-10-13)14-11-7-4-8-12-14;1-2;;/h3-12H,1-2H2;1H2,2H3;;/q2*-1;;+2. The molecule has 0 aliphatic rings. The van der Waals surface area contributed by atoms with Gasteiger partial charge >= 0.3 is 19.5 Å². The molecular weight excluding hydrogens is 279 g/mol. The van der Waals surface area contributed by atoms with Crippen LogP contribution in [0.3, 0.4) is 0 Å². The Morgan fingerprint density at radius 1 is 0.789 bits per heavy atom. The Kier molecular flexibility index (Phi) is 13.7. The van der Waals surface area contributed by atoms with Crippen LogP contribution in [0.15, 0.2) is 60.7 Å². The number of hydrogen-bond donors (Lipinski definition) is 0. The predicted octanol–water partition coefficient (Wildman–Crippen LogP) is 4.12. The number of hydrogen-bond acceptors (Lipinski definition) is 1. The molecule has 0 fully saturated rings. The number of anilines is 2. The average molecular weight is 298 g/mol. The second kappa shape index (κ2) is 12.5. The van der Waals surface area contributed by atoms with Crippen molar-refractivity contribution >= 4 is 30.2 Å². The molecule has 0 aliphatic carbocycles. The average Bonchev–Trinajstić information content (AvgIpc) is 2.44. The van der Waals surface area contributed by atoms with E-state index in [0.717, 1.165) is 6.54 Å². The monoisotopic (exact) mass is 296 g/mol. The fourth-order valence-corrected chi connectivity index (χ4v) is 1.62. The number of nitrogens with zero attached hydrogens (tertiary/aromatic N) is 1. The SMILES string of the molecule is [CH2-]C.[CH2-]CN(c1ccccc1)c1ccccc1.[Li].[Zn+2]. The van der Waals surface area contributed by atoms with Gasteiger partial charge in [-0.1, -0.05) is 36.4 Å². The summed E-state index contributed by atoms with van der Waals surface area (Å²) in [6.45, 7) is 9.69. The van der Waals surface area contributed by atoms with Crippen LogP contribution in [0, 0.1) is 13.8 Å². The van der Waals surface area contributed by atoms with Crippen molar-refractivity contribution in [3.8, 4) is 0 Å². The van der Waals surface area contributed by atoms with Crippen LogP contribution in [0.25, 0.3) is 0 Å². The quantitative estimate of drug-likeness (QED) is 0.608. The molecule has 0 bridgehead atoms. The summed E-state index contributed by atoms with van der Waals surface area (Å²) in [5.74, 6) is 0. The van der Waals surface area contributed by atoms with E-state index in [1.165, 1.54) is 11.4 Å². The minimum Gasteiger partial charge on any atom is -0.372 e. The molecule has 2 aromatic carbocycles. The Labute approximate surface area is 142 Å². The molecule has 1 radical (unpaired) electrons. The molecule has 91 valence electrons.